The second-order valence-corrected chi connectivity index (χ2v) is 4.52. The lowest BCUT2D eigenvalue weighted by atomic mass is 10.1. The molecule has 104 valence electrons. The number of carbonyl (C=O) groups is 1. The first-order valence-corrected chi connectivity index (χ1v) is 6.06. The Balaban J connectivity index is 2.19. The van der Waals surface area contributed by atoms with Gasteiger partial charge < -0.3 is 15.7 Å². The molecule has 0 radical (unpaired) electrons. The number of anilines is 1. The lowest BCUT2D eigenvalue weighted by Gasteiger charge is -2.18. The van der Waals surface area contributed by atoms with Crippen LogP contribution in [0.25, 0.3) is 0 Å². The molecule has 0 atom stereocenters. The van der Waals surface area contributed by atoms with E-state index in [2.05, 4.69) is 0 Å². The van der Waals surface area contributed by atoms with Crippen molar-refractivity contribution >= 4 is 11.6 Å². The Labute approximate surface area is 116 Å². The number of halogens is 1. The molecule has 2 aromatic carbocycles. The van der Waals surface area contributed by atoms with Gasteiger partial charge in [0, 0.05) is 25.3 Å². The van der Waals surface area contributed by atoms with Gasteiger partial charge in [0.25, 0.3) is 5.91 Å². The smallest absolute Gasteiger partial charge is 0.256 e. The number of phenols is 1. The molecular formula is C15H15FN2O2. The van der Waals surface area contributed by atoms with Crippen LogP contribution in [0.1, 0.15) is 15.9 Å². The van der Waals surface area contributed by atoms with Crippen molar-refractivity contribution in [2.45, 2.75) is 6.54 Å². The highest BCUT2D eigenvalue weighted by molar-refractivity contribution is 5.94. The van der Waals surface area contributed by atoms with E-state index in [1.807, 2.05) is 12.1 Å². The van der Waals surface area contributed by atoms with Gasteiger partial charge in [0.1, 0.15) is 11.6 Å². The minimum Gasteiger partial charge on any atom is -0.508 e. The van der Waals surface area contributed by atoms with Gasteiger partial charge in [-0.3, -0.25) is 4.79 Å². The van der Waals surface area contributed by atoms with Gasteiger partial charge in [0.2, 0.25) is 0 Å². The number of aromatic hydroxyl groups is 1. The standard InChI is InChI=1S/C15H15FN2O2/c1-18(9-10-4-2-3-5-14(10)17)15(20)12-7-6-11(19)8-13(12)16/h2-8,19H,9,17H2,1H3. The monoisotopic (exact) mass is 274 g/mol. The Morgan fingerprint density at radius 2 is 2.00 bits per heavy atom. The molecule has 0 bridgehead atoms. The van der Waals surface area contributed by atoms with E-state index in [0.717, 1.165) is 11.6 Å². The summed E-state index contributed by atoms with van der Waals surface area (Å²) >= 11 is 0. The maximum absolute atomic E-state index is 13.6. The number of hydrogen-bond donors (Lipinski definition) is 2. The largest absolute Gasteiger partial charge is 0.508 e. The number of rotatable bonds is 3. The number of para-hydroxylation sites is 1. The zero-order chi connectivity index (χ0) is 14.7. The normalized spacial score (nSPS) is 10.3. The highest BCUT2D eigenvalue weighted by atomic mass is 19.1. The summed E-state index contributed by atoms with van der Waals surface area (Å²) in [5, 5.41) is 9.15. The van der Waals surface area contributed by atoms with E-state index in [1.54, 1.807) is 19.2 Å². The molecule has 0 aliphatic heterocycles. The number of phenolic OH excluding ortho intramolecular Hbond substituents is 1. The van der Waals surface area contributed by atoms with Gasteiger partial charge in [0.15, 0.2) is 0 Å². The maximum atomic E-state index is 13.6. The summed E-state index contributed by atoms with van der Waals surface area (Å²) < 4.78 is 13.6. The number of hydrogen-bond acceptors (Lipinski definition) is 3. The third-order valence-corrected chi connectivity index (χ3v) is 2.99. The van der Waals surface area contributed by atoms with Crippen LogP contribution in [0.3, 0.4) is 0 Å². The molecule has 2 aromatic rings. The highest BCUT2D eigenvalue weighted by Crippen LogP contribution is 2.18. The number of nitrogens with zero attached hydrogens (tertiary/aromatic N) is 1. The van der Waals surface area contributed by atoms with Crippen LogP contribution < -0.4 is 5.73 Å². The van der Waals surface area contributed by atoms with Crippen molar-refractivity contribution in [1.29, 1.82) is 0 Å². The van der Waals surface area contributed by atoms with E-state index in [1.165, 1.54) is 17.0 Å². The molecule has 0 heterocycles. The van der Waals surface area contributed by atoms with E-state index in [0.29, 0.717) is 5.69 Å². The summed E-state index contributed by atoms with van der Waals surface area (Å²) in [6.07, 6.45) is 0. The number of nitrogen functional groups attached to an aromatic ring is 1. The summed E-state index contributed by atoms with van der Waals surface area (Å²) in [4.78, 5) is 13.5. The van der Waals surface area contributed by atoms with E-state index in [-0.39, 0.29) is 17.9 Å². The fraction of sp³-hybridized carbons (Fsp3) is 0.133. The highest BCUT2D eigenvalue weighted by Gasteiger charge is 2.17. The Morgan fingerprint density at radius 3 is 2.65 bits per heavy atom. The van der Waals surface area contributed by atoms with Gasteiger partial charge >= 0.3 is 0 Å². The summed E-state index contributed by atoms with van der Waals surface area (Å²) in [5.74, 6) is -1.43. The summed E-state index contributed by atoms with van der Waals surface area (Å²) in [6, 6.07) is 10.6. The second-order valence-electron chi connectivity index (χ2n) is 4.52. The maximum Gasteiger partial charge on any atom is 0.256 e. The summed E-state index contributed by atoms with van der Waals surface area (Å²) in [5.41, 5.74) is 7.10. The van der Waals surface area contributed by atoms with Gasteiger partial charge in [-0.05, 0) is 23.8 Å². The molecule has 4 nitrogen and oxygen atoms in total. The first kappa shape index (κ1) is 13.9. The molecule has 5 heteroatoms. The summed E-state index contributed by atoms with van der Waals surface area (Å²) in [6.45, 7) is 0.284. The number of amides is 1. The average Bonchev–Trinajstić information content (AvgIpc) is 2.40. The van der Waals surface area contributed by atoms with Crippen LogP contribution in [0, 0.1) is 5.82 Å². The van der Waals surface area contributed by atoms with Crippen molar-refractivity contribution in [2.75, 3.05) is 12.8 Å². The van der Waals surface area contributed by atoms with Crippen molar-refractivity contribution in [3.63, 3.8) is 0 Å². The van der Waals surface area contributed by atoms with Crippen LogP contribution in [0.15, 0.2) is 42.5 Å². The van der Waals surface area contributed by atoms with Crippen molar-refractivity contribution in [1.82, 2.24) is 4.90 Å². The van der Waals surface area contributed by atoms with Gasteiger partial charge in [-0.15, -0.1) is 0 Å². The van der Waals surface area contributed by atoms with Crippen molar-refractivity contribution in [3.8, 4) is 5.75 Å². The van der Waals surface area contributed by atoms with Crippen LogP contribution in [0.4, 0.5) is 10.1 Å². The van der Waals surface area contributed by atoms with Crippen LogP contribution >= 0.6 is 0 Å². The van der Waals surface area contributed by atoms with Crippen molar-refractivity contribution < 1.29 is 14.3 Å². The second kappa shape index (κ2) is 5.61. The molecule has 1 amide bonds. The van der Waals surface area contributed by atoms with Gasteiger partial charge in [0.05, 0.1) is 5.56 Å². The number of carbonyl (C=O) groups excluding carboxylic acids is 1. The first-order chi connectivity index (χ1) is 9.49. The van der Waals surface area contributed by atoms with Crippen molar-refractivity contribution in [3.05, 3.63) is 59.4 Å². The molecule has 2 rings (SSSR count). The fourth-order valence-electron chi connectivity index (χ4n) is 1.89. The zero-order valence-corrected chi connectivity index (χ0v) is 11.0. The lowest BCUT2D eigenvalue weighted by molar-refractivity contribution is 0.0780. The molecule has 0 fully saturated rings. The Morgan fingerprint density at radius 1 is 1.30 bits per heavy atom. The minimum absolute atomic E-state index is 0.0835. The van der Waals surface area contributed by atoms with E-state index in [9.17, 15) is 9.18 Å². The molecule has 0 aliphatic carbocycles. The zero-order valence-electron chi connectivity index (χ0n) is 11.0. The minimum atomic E-state index is -0.747. The van der Waals surface area contributed by atoms with Gasteiger partial charge in [-0.2, -0.15) is 0 Å². The molecule has 0 aliphatic rings. The van der Waals surface area contributed by atoms with Crippen molar-refractivity contribution in [2.24, 2.45) is 0 Å². The molecule has 3 N–H and O–H groups in total. The topological polar surface area (TPSA) is 66.6 Å². The third-order valence-electron chi connectivity index (χ3n) is 2.99. The molecule has 0 saturated carbocycles. The van der Waals surface area contributed by atoms with E-state index >= 15 is 0 Å². The molecule has 0 spiro atoms. The molecule has 0 saturated heterocycles. The van der Waals surface area contributed by atoms with Gasteiger partial charge in [-0.1, -0.05) is 18.2 Å². The third kappa shape index (κ3) is 2.88. The molecule has 20 heavy (non-hydrogen) atoms. The van der Waals surface area contributed by atoms with Crippen LogP contribution in [-0.4, -0.2) is 23.0 Å². The average molecular weight is 274 g/mol. The predicted molar refractivity (Wildman–Crippen MR) is 74.7 cm³/mol. The predicted octanol–water partition coefficient (Wildman–Crippen LogP) is 2.39. The van der Waals surface area contributed by atoms with Gasteiger partial charge in [-0.25, -0.2) is 4.39 Å². The Bertz CT molecular complexity index is 644. The SMILES string of the molecule is CN(Cc1ccccc1N)C(=O)c1ccc(O)cc1F. The lowest BCUT2D eigenvalue weighted by Crippen LogP contribution is -2.27. The quantitative estimate of drug-likeness (QED) is 0.844. The van der Waals surface area contributed by atoms with Crippen LogP contribution in [-0.2, 0) is 6.54 Å². The summed E-state index contributed by atoms with van der Waals surface area (Å²) in [7, 11) is 1.57. The van der Waals surface area contributed by atoms with Crippen LogP contribution in [0.5, 0.6) is 5.75 Å². The molecule has 0 unspecified atom stereocenters. The van der Waals surface area contributed by atoms with E-state index in [4.69, 9.17) is 10.8 Å². The number of benzene rings is 2. The fourth-order valence-corrected chi connectivity index (χ4v) is 1.89. The molecular weight excluding hydrogens is 259 g/mol. The number of nitrogens with two attached hydrogens (primary N) is 1. The van der Waals surface area contributed by atoms with E-state index < -0.39 is 11.7 Å². The Kier molecular flexibility index (Phi) is 3.89. The molecule has 0 aromatic heterocycles. The first-order valence-electron chi connectivity index (χ1n) is 6.06. The Hall–Kier alpha value is -2.56. The van der Waals surface area contributed by atoms with Crippen LogP contribution in [0.2, 0.25) is 0 Å².